The number of amides is 2. The van der Waals surface area contributed by atoms with E-state index in [4.69, 9.17) is 30.3 Å². The lowest BCUT2D eigenvalue weighted by molar-refractivity contribution is -0.138. The SMILES string of the molecule is CC(=O)N/C=C/OCCOCC(=O)N1CC(OP(O)(=S)OC(C)C)CC1CO. The van der Waals surface area contributed by atoms with Gasteiger partial charge in [-0.05, 0) is 32.1 Å². The van der Waals surface area contributed by atoms with E-state index in [1.54, 1.807) is 13.8 Å². The molecule has 0 spiro atoms. The number of aliphatic hydroxyl groups is 1. The highest BCUT2D eigenvalue weighted by molar-refractivity contribution is 8.07. The van der Waals surface area contributed by atoms with Gasteiger partial charge in [-0.3, -0.25) is 9.59 Å². The number of likely N-dealkylation sites (tertiary alicyclic amines) is 1. The van der Waals surface area contributed by atoms with Crippen molar-refractivity contribution < 1.29 is 38.1 Å². The fourth-order valence-corrected chi connectivity index (χ4v) is 4.52. The van der Waals surface area contributed by atoms with Gasteiger partial charge in [-0.1, -0.05) is 0 Å². The molecule has 0 aliphatic carbocycles. The summed E-state index contributed by atoms with van der Waals surface area (Å²) < 4.78 is 21.1. The number of nitrogens with one attached hydrogen (secondary N) is 1. The Bertz CT molecular complexity index is 589. The van der Waals surface area contributed by atoms with Crippen molar-refractivity contribution in [1.29, 1.82) is 0 Å². The lowest BCUT2D eigenvalue weighted by Crippen LogP contribution is -2.40. The second-order valence-corrected chi connectivity index (χ2v) is 9.14. The zero-order chi connectivity index (χ0) is 21.2. The summed E-state index contributed by atoms with van der Waals surface area (Å²) in [7, 11) is 0. The Hall–Kier alpha value is -1.07. The molecule has 3 unspecified atom stereocenters. The summed E-state index contributed by atoms with van der Waals surface area (Å²) in [5.74, 6) is -0.518. The maximum atomic E-state index is 12.3. The summed E-state index contributed by atoms with van der Waals surface area (Å²) in [6.45, 7) is 1.59. The molecule has 3 atom stereocenters. The van der Waals surface area contributed by atoms with E-state index in [2.05, 4.69) is 5.32 Å². The molecule has 28 heavy (non-hydrogen) atoms. The van der Waals surface area contributed by atoms with Crippen molar-refractivity contribution in [1.82, 2.24) is 10.2 Å². The second kappa shape index (κ2) is 12.5. The van der Waals surface area contributed by atoms with Crippen molar-refractivity contribution in [2.45, 2.75) is 45.4 Å². The molecule has 2 amide bonds. The molecule has 1 saturated heterocycles. The Morgan fingerprint density at radius 2 is 2.11 bits per heavy atom. The predicted octanol–water partition coefficient (Wildman–Crippen LogP) is 0.247. The number of hydrogen-bond acceptors (Lipinski definition) is 8. The van der Waals surface area contributed by atoms with Gasteiger partial charge in [0.2, 0.25) is 11.8 Å². The minimum Gasteiger partial charge on any atom is -0.497 e. The van der Waals surface area contributed by atoms with Gasteiger partial charge in [0.05, 0.1) is 37.7 Å². The van der Waals surface area contributed by atoms with Gasteiger partial charge in [-0.25, -0.2) is 0 Å². The Labute approximate surface area is 170 Å². The molecular weight excluding hydrogens is 411 g/mol. The molecule has 0 aromatic heterocycles. The average molecular weight is 440 g/mol. The lowest BCUT2D eigenvalue weighted by Gasteiger charge is -2.23. The molecule has 0 aromatic carbocycles. The first-order valence-corrected chi connectivity index (χ1v) is 11.4. The third-order valence-electron chi connectivity index (χ3n) is 3.56. The maximum absolute atomic E-state index is 12.3. The fourth-order valence-electron chi connectivity index (χ4n) is 2.53. The molecule has 10 nitrogen and oxygen atoms in total. The number of carbonyl (C=O) groups excluding carboxylic acids is 2. The summed E-state index contributed by atoms with van der Waals surface area (Å²) in [5.41, 5.74) is 0. The van der Waals surface area contributed by atoms with E-state index in [1.165, 1.54) is 24.3 Å². The number of nitrogens with zero attached hydrogens (tertiary/aromatic N) is 1. The standard InChI is InChI=1S/C16H29N2O8PS/c1-12(2)25-27(22,28)26-15-8-14(10-19)18(9-15)16(21)11-24-7-6-23-5-4-17-13(3)20/h4-5,12,14-15,19H,6-11H2,1-3H3,(H,17,20)(H,22,28)/b5-4+. The Morgan fingerprint density at radius 3 is 2.71 bits per heavy atom. The Kier molecular flexibility index (Phi) is 11.1. The zero-order valence-corrected chi connectivity index (χ0v) is 18.0. The van der Waals surface area contributed by atoms with Gasteiger partial charge in [0.1, 0.15) is 13.2 Å². The lowest BCUT2D eigenvalue weighted by atomic mass is 10.2. The molecule has 0 aromatic rings. The first-order chi connectivity index (χ1) is 13.1. The molecular formula is C16H29N2O8PS. The van der Waals surface area contributed by atoms with Crippen LogP contribution in [0.1, 0.15) is 27.2 Å². The molecule has 1 fully saturated rings. The number of aliphatic hydroxyl groups excluding tert-OH is 1. The van der Waals surface area contributed by atoms with E-state index in [-0.39, 0.29) is 50.9 Å². The van der Waals surface area contributed by atoms with E-state index in [0.717, 1.165) is 0 Å². The molecule has 0 radical (unpaired) electrons. The fraction of sp³-hybridized carbons (Fsp3) is 0.750. The van der Waals surface area contributed by atoms with E-state index in [9.17, 15) is 19.6 Å². The van der Waals surface area contributed by atoms with Crippen LogP contribution in [0.3, 0.4) is 0 Å². The molecule has 1 rings (SSSR count). The number of carbonyl (C=O) groups is 2. The summed E-state index contributed by atoms with van der Waals surface area (Å²) in [6, 6.07) is -0.438. The molecule has 1 heterocycles. The quantitative estimate of drug-likeness (QED) is 0.222. The first kappa shape index (κ1) is 25.0. The highest BCUT2D eigenvalue weighted by atomic mass is 32.5. The van der Waals surface area contributed by atoms with Crippen LogP contribution in [0.15, 0.2) is 12.5 Å². The van der Waals surface area contributed by atoms with E-state index >= 15 is 0 Å². The average Bonchev–Trinajstić information content (AvgIpc) is 2.97. The van der Waals surface area contributed by atoms with E-state index in [0.29, 0.717) is 6.42 Å². The van der Waals surface area contributed by atoms with Crippen LogP contribution in [0.25, 0.3) is 0 Å². The van der Waals surface area contributed by atoms with Crippen LogP contribution in [0.5, 0.6) is 0 Å². The number of rotatable bonds is 12. The normalized spacial score (nSPS) is 21.9. The van der Waals surface area contributed by atoms with Gasteiger partial charge >= 0.3 is 6.72 Å². The van der Waals surface area contributed by atoms with Gasteiger partial charge in [-0.15, -0.1) is 0 Å². The first-order valence-electron chi connectivity index (χ1n) is 8.86. The van der Waals surface area contributed by atoms with Gasteiger partial charge in [0, 0.05) is 19.7 Å². The Balaban J connectivity index is 2.36. The van der Waals surface area contributed by atoms with E-state index in [1.807, 2.05) is 0 Å². The van der Waals surface area contributed by atoms with Gasteiger partial charge < -0.3 is 38.7 Å². The smallest absolute Gasteiger partial charge is 0.325 e. The summed E-state index contributed by atoms with van der Waals surface area (Å²) in [4.78, 5) is 34.5. The van der Waals surface area contributed by atoms with Crippen LogP contribution < -0.4 is 5.32 Å². The van der Waals surface area contributed by atoms with Crippen molar-refractivity contribution in [2.24, 2.45) is 0 Å². The molecule has 3 N–H and O–H groups in total. The van der Waals surface area contributed by atoms with Gasteiger partial charge in [-0.2, -0.15) is 0 Å². The zero-order valence-electron chi connectivity index (χ0n) is 16.3. The summed E-state index contributed by atoms with van der Waals surface area (Å²) in [6.07, 6.45) is 2.22. The van der Waals surface area contributed by atoms with Gasteiger partial charge in [0.25, 0.3) is 0 Å². The van der Waals surface area contributed by atoms with Crippen LogP contribution in [0.2, 0.25) is 0 Å². The third-order valence-corrected chi connectivity index (χ3v) is 5.32. The highest BCUT2D eigenvalue weighted by Crippen LogP contribution is 2.47. The molecule has 1 aliphatic heterocycles. The van der Waals surface area contributed by atoms with Crippen LogP contribution in [0.4, 0.5) is 0 Å². The molecule has 1 aliphatic rings. The van der Waals surface area contributed by atoms with Crippen molar-refractivity contribution in [3.05, 3.63) is 12.5 Å². The van der Waals surface area contributed by atoms with E-state index < -0.39 is 18.9 Å². The Morgan fingerprint density at radius 1 is 1.39 bits per heavy atom. The third kappa shape index (κ3) is 9.92. The minimum atomic E-state index is -3.40. The number of ether oxygens (including phenoxy) is 2. The van der Waals surface area contributed by atoms with Crippen molar-refractivity contribution in [3.8, 4) is 0 Å². The van der Waals surface area contributed by atoms with Gasteiger partial charge in [0.15, 0.2) is 0 Å². The second-order valence-electron chi connectivity index (χ2n) is 6.39. The minimum absolute atomic E-state index is 0.174. The van der Waals surface area contributed by atoms with Crippen LogP contribution in [-0.4, -0.2) is 77.9 Å². The number of hydrogen-bond donors (Lipinski definition) is 3. The van der Waals surface area contributed by atoms with Crippen molar-refractivity contribution >= 4 is 30.3 Å². The highest BCUT2D eigenvalue weighted by Gasteiger charge is 2.38. The van der Waals surface area contributed by atoms with Crippen LogP contribution in [-0.2, 0) is 39.9 Å². The van der Waals surface area contributed by atoms with Crippen LogP contribution in [0, 0.1) is 0 Å². The molecule has 0 bridgehead atoms. The molecule has 12 heteroatoms. The molecule has 0 saturated carbocycles. The van der Waals surface area contributed by atoms with Crippen molar-refractivity contribution in [2.75, 3.05) is 33.0 Å². The molecule has 162 valence electrons. The summed E-state index contributed by atoms with van der Waals surface area (Å²) in [5, 5.41) is 11.9. The van der Waals surface area contributed by atoms with Crippen LogP contribution >= 0.6 is 6.72 Å². The summed E-state index contributed by atoms with van der Waals surface area (Å²) >= 11 is 4.97. The predicted molar refractivity (Wildman–Crippen MR) is 105 cm³/mol. The monoisotopic (exact) mass is 440 g/mol. The van der Waals surface area contributed by atoms with Crippen molar-refractivity contribution in [3.63, 3.8) is 0 Å². The largest absolute Gasteiger partial charge is 0.497 e. The maximum Gasteiger partial charge on any atom is 0.325 e. The topological polar surface area (TPSA) is 127 Å².